The molecule has 0 amide bonds. The van der Waals surface area contributed by atoms with Crippen LogP contribution in [0.5, 0.6) is 0 Å². The lowest BCUT2D eigenvalue weighted by Crippen LogP contribution is -2.16. The standard InChI is InChI=1S/C60H42N2O/c1-4-15-41(16-5-1)42-27-32-48(33-28-42)61(46-19-6-2-7-20-46)49-34-29-43(30-35-49)45-31-37-54-56(39-45)52-24-12-13-25-53(52)59-55-38-36-50(40-58(55)63-60(54)59)62(47-21-8-3-9-22-47)57-26-14-18-44-17-10-11-23-51(44)57/h1,3-6,8-40H,2,7H2. The zero-order valence-corrected chi connectivity index (χ0v) is 34.7. The lowest BCUT2D eigenvalue weighted by Gasteiger charge is -2.28. The third-order valence-electron chi connectivity index (χ3n) is 12.6. The highest BCUT2D eigenvalue weighted by Crippen LogP contribution is 2.45. The molecule has 0 radical (unpaired) electrons. The fourth-order valence-corrected chi connectivity index (χ4v) is 9.62. The zero-order valence-electron chi connectivity index (χ0n) is 34.7. The predicted molar refractivity (Wildman–Crippen MR) is 267 cm³/mol. The molecule has 0 spiro atoms. The number of anilines is 5. The van der Waals surface area contributed by atoms with Gasteiger partial charge in [0.15, 0.2) is 0 Å². The van der Waals surface area contributed by atoms with Crippen LogP contribution in [0, 0.1) is 0 Å². The topological polar surface area (TPSA) is 19.6 Å². The van der Waals surface area contributed by atoms with Gasteiger partial charge in [0.2, 0.25) is 0 Å². The summed E-state index contributed by atoms with van der Waals surface area (Å²) in [6.45, 7) is 0. The van der Waals surface area contributed by atoms with Crippen LogP contribution in [0.15, 0.2) is 241 Å². The molecule has 298 valence electrons. The second kappa shape index (κ2) is 15.4. The molecule has 12 rings (SSSR count). The average Bonchev–Trinajstić information content (AvgIpc) is 3.75. The number of hydrogen-bond donors (Lipinski definition) is 0. The zero-order chi connectivity index (χ0) is 41.7. The van der Waals surface area contributed by atoms with Gasteiger partial charge in [-0.3, -0.25) is 0 Å². The first-order valence-corrected chi connectivity index (χ1v) is 21.8. The molecule has 1 aromatic heterocycles. The Morgan fingerprint density at radius 1 is 0.365 bits per heavy atom. The van der Waals surface area contributed by atoms with Crippen molar-refractivity contribution in [1.82, 2.24) is 0 Å². The van der Waals surface area contributed by atoms with E-state index in [9.17, 15) is 0 Å². The summed E-state index contributed by atoms with van der Waals surface area (Å²) in [5.74, 6) is 0. The summed E-state index contributed by atoms with van der Waals surface area (Å²) in [6, 6.07) is 76.5. The molecule has 3 nitrogen and oxygen atoms in total. The maximum absolute atomic E-state index is 7.00. The van der Waals surface area contributed by atoms with Crippen molar-refractivity contribution >= 4 is 82.7 Å². The van der Waals surface area contributed by atoms with Gasteiger partial charge in [-0.05, 0) is 129 Å². The van der Waals surface area contributed by atoms with E-state index >= 15 is 0 Å². The van der Waals surface area contributed by atoms with Crippen molar-refractivity contribution in [2.75, 3.05) is 9.80 Å². The molecule has 0 saturated carbocycles. The van der Waals surface area contributed by atoms with E-state index in [0.717, 1.165) is 68.6 Å². The Morgan fingerprint density at radius 3 is 1.70 bits per heavy atom. The van der Waals surface area contributed by atoms with Crippen molar-refractivity contribution in [3.63, 3.8) is 0 Å². The number of furan rings is 1. The Morgan fingerprint density at radius 2 is 0.952 bits per heavy atom. The third kappa shape index (κ3) is 6.45. The molecule has 0 bridgehead atoms. The molecule has 10 aromatic carbocycles. The molecule has 63 heavy (non-hydrogen) atoms. The SMILES string of the molecule is C1=CC(N(c2ccc(-c3ccccc3)cc2)c2ccc(-c3ccc4c(c3)c3ccccc3c3c5ccc(N(c6ccccc6)c6cccc7ccccc67)cc5oc43)cc2)=CCC1. The van der Waals surface area contributed by atoms with E-state index in [0.29, 0.717) is 0 Å². The van der Waals surface area contributed by atoms with Gasteiger partial charge in [0.25, 0.3) is 0 Å². The van der Waals surface area contributed by atoms with Crippen molar-refractivity contribution in [2.45, 2.75) is 12.8 Å². The summed E-state index contributed by atoms with van der Waals surface area (Å²) in [5.41, 5.74) is 13.3. The second-order valence-electron chi connectivity index (χ2n) is 16.4. The highest BCUT2D eigenvalue weighted by atomic mass is 16.3. The van der Waals surface area contributed by atoms with Crippen LogP contribution in [0.2, 0.25) is 0 Å². The van der Waals surface area contributed by atoms with Crippen LogP contribution >= 0.6 is 0 Å². The van der Waals surface area contributed by atoms with E-state index in [2.05, 4.69) is 240 Å². The number of rotatable bonds is 8. The maximum atomic E-state index is 7.00. The van der Waals surface area contributed by atoms with E-state index in [1.54, 1.807) is 0 Å². The van der Waals surface area contributed by atoms with Gasteiger partial charge in [-0.1, -0.05) is 152 Å². The quantitative estimate of drug-likeness (QED) is 0.143. The minimum absolute atomic E-state index is 0.864. The monoisotopic (exact) mass is 806 g/mol. The van der Waals surface area contributed by atoms with Crippen LogP contribution in [0.3, 0.4) is 0 Å². The van der Waals surface area contributed by atoms with E-state index in [1.165, 1.54) is 54.9 Å². The van der Waals surface area contributed by atoms with Gasteiger partial charge in [0, 0.05) is 56.1 Å². The van der Waals surface area contributed by atoms with Crippen LogP contribution in [-0.4, -0.2) is 0 Å². The summed E-state index contributed by atoms with van der Waals surface area (Å²) in [6.07, 6.45) is 8.97. The minimum atomic E-state index is 0.864. The lowest BCUT2D eigenvalue weighted by atomic mass is 9.94. The molecular formula is C60H42N2O. The van der Waals surface area contributed by atoms with Crippen molar-refractivity contribution in [1.29, 1.82) is 0 Å². The first-order chi connectivity index (χ1) is 31.2. The minimum Gasteiger partial charge on any atom is -0.455 e. The number of para-hydroxylation sites is 1. The molecular weight excluding hydrogens is 765 g/mol. The molecule has 0 saturated heterocycles. The molecule has 0 atom stereocenters. The van der Waals surface area contributed by atoms with E-state index in [4.69, 9.17) is 4.42 Å². The first kappa shape index (κ1) is 36.7. The summed E-state index contributed by atoms with van der Waals surface area (Å²) in [7, 11) is 0. The highest BCUT2D eigenvalue weighted by Gasteiger charge is 2.21. The molecule has 0 aliphatic heterocycles. The van der Waals surface area contributed by atoms with E-state index < -0.39 is 0 Å². The van der Waals surface area contributed by atoms with Gasteiger partial charge < -0.3 is 14.2 Å². The fourth-order valence-electron chi connectivity index (χ4n) is 9.62. The van der Waals surface area contributed by atoms with Crippen LogP contribution in [0.25, 0.3) is 76.5 Å². The maximum Gasteiger partial charge on any atom is 0.143 e. The van der Waals surface area contributed by atoms with Crippen molar-refractivity contribution < 1.29 is 4.42 Å². The van der Waals surface area contributed by atoms with Gasteiger partial charge in [-0.15, -0.1) is 0 Å². The Balaban J connectivity index is 0.947. The van der Waals surface area contributed by atoms with Gasteiger partial charge in [0.1, 0.15) is 11.2 Å². The molecule has 0 fully saturated rings. The number of benzene rings is 10. The molecule has 1 aliphatic rings. The molecule has 1 heterocycles. The number of nitrogens with zero attached hydrogens (tertiary/aromatic N) is 2. The number of fused-ring (bicyclic) bond motifs is 9. The number of allylic oxidation sites excluding steroid dienone is 3. The van der Waals surface area contributed by atoms with Crippen molar-refractivity contribution in [3.05, 3.63) is 236 Å². The number of hydrogen-bond acceptors (Lipinski definition) is 3. The van der Waals surface area contributed by atoms with E-state index in [1.807, 2.05) is 0 Å². The Hall–Kier alpha value is -8.14. The Bertz CT molecular complexity index is 3540. The van der Waals surface area contributed by atoms with Crippen LogP contribution in [0.1, 0.15) is 12.8 Å². The van der Waals surface area contributed by atoms with Crippen molar-refractivity contribution in [3.8, 4) is 22.3 Å². The predicted octanol–water partition coefficient (Wildman–Crippen LogP) is 17.2. The van der Waals surface area contributed by atoms with Crippen LogP contribution in [0.4, 0.5) is 28.4 Å². The Labute approximate surface area is 366 Å². The fraction of sp³-hybridized carbons (Fsp3) is 0.0333. The smallest absolute Gasteiger partial charge is 0.143 e. The lowest BCUT2D eigenvalue weighted by molar-refractivity contribution is 0.673. The van der Waals surface area contributed by atoms with Gasteiger partial charge in [-0.2, -0.15) is 0 Å². The summed E-state index contributed by atoms with van der Waals surface area (Å²) < 4.78 is 7.00. The van der Waals surface area contributed by atoms with Gasteiger partial charge in [-0.25, -0.2) is 0 Å². The van der Waals surface area contributed by atoms with Crippen molar-refractivity contribution in [2.24, 2.45) is 0 Å². The molecule has 0 N–H and O–H groups in total. The van der Waals surface area contributed by atoms with Crippen LogP contribution < -0.4 is 9.80 Å². The average molecular weight is 807 g/mol. The molecule has 0 unspecified atom stereocenters. The van der Waals surface area contributed by atoms with Gasteiger partial charge >= 0.3 is 0 Å². The normalized spacial score (nSPS) is 12.7. The first-order valence-electron chi connectivity index (χ1n) is 21.8. The van der Waals surface area contributed by atoms with Crippen LogP contribution in [-0.2, 0) is 0 Å². The third-order valence-corrected chi connectivity index (χ3v) is 12.6. The molecule has 11 aromatic rings. The van der Waals surface area contributed by atoms with E-state index in [-0.39, 0.29) is 0 Å². The Kier molecular flexibility index (Phi) is 8.97. The van der Waals surface area contributed by atoms with Gasteiger partial charge in [0.05, 0.1) is 5.69 Å². The summed E-state index contributed by atoms with van der Waals surface area (Å²) in [4.78, 5) is 4.71. The summed E-state index contributed by atoms with van der Waals surface area (Å²) in [5, 5.41) is 9.35. The molecule has 3 heteroatoms. The highest BCUT2D eigenvalue weighted by molar-refractivity contribution is 6.30. The summed E-state index contributed by atoms with van der Waals surface area (Å²) >= 11 is 0. The molecule has 1 aliphatic carbocycles. The second-order valence-corrected chi connectivity index (χ2v) is 16.4. The largest absolute Gasteiger partial charge is 0.455 e.